The van der Waals surface area contributed by atoms with Gasteiger partial charge in [-0.05, 0) is 12.8 Å². The van der Waals surface area contributed by atoms with Crippen molar-refractivity contribution in [2.45, 2.75) is 37.6 Å². The van der Waals surface area contributed by atoms with E-state index in [0.717, 1.165) is 19.0 Å². The van der Waals surface area contributed by atoms with Crippen LogP contribution in [-0.4, -0.2) is 74.8 Å². The number of ether oxygens (including phenoxy) is 1. The number of aliphatic imine (C=N–C) groups is 1. The molecule has 0 atom stereocenters. The number of halogens is 1. The van der Waals surface area contributed by atoms with Crippen molar-refractivity contribution in [2.24, 2.45) is 4.99 Å². The molecular weight excluding hydrogens is 423 g/mol. The Morgan fingerprint density at radius 2 is 1.87 bits per heavy atom. The summed E-state index contributed by atoms with van der Waals surface area (Å²) in [5.41, 5.74) is 0.331. The molecule has 23 heavy (non-hydrogen) atoms. The zero-order chi connectivity index (χ0) is 15.7. The average Bonchev–Trinajstić information content (AvgIpc) is 2.59. The van der Waals surface area contributed by atoms with Gasteiger partial charge in [0.2, 0.25) is 0 Å². The molecule has 1 heterocycles. The van der Waals surface area contributed by atoms with Crippen LogP contribution in [0.5, 0.6) is 0 Å². The first kappa shape index (κ1) is 21.3. The standard InChI is InChI=1S/C16H32N4OS.HI/c1-17-15(18-8-11-21-2)19-14-16(6-4-3-5-7-16)20-9-12-22-13-10-20;/h3-14H2,1-2H3,(H2,17,18,19);1H. The number of nitrogens with one attached hydrogen (secondary N) is 2. The summed E-state index contributed by atoms with van der Waals surface area (Å²) >= 11 is 2.09. The van der Waals surface area contributed by atoms with Gasteiger partial charge in [0.05, 0.1) is 6.61 Å². The van der Waals surface area contributed by atoms with Crippen LogP contribution < -0.4 is 10.6 Å². The molecule has 0 radical (unpaired) electrons. The molecule has 1 aliphatic heterocycles. The van der Waals surface area contributed by atoms with Crippen molar-refractivity contribution in [3.05, 3.63) is 0 Å². The number of guanidine groups is 1. The average molecular weight is 456 g/mol. The monoisotopic (exact) mass is 456 g/mol. The fourth-order valence-electron chi connectivity index (χ4n) is 3.59. The van der Waals surface area contributed by atoms with Crippen LogP contribution in [0, 0.1) is 0 Å². The summed E-state index contributed by atoms with van der Waals surface area (Å²) in [6.45, 7) is 4.98. The summed E-state index contributed by atoms with van der Waals surface area (Å²) in [5, 5.41) is 6.89. The minimum Gasteiger partial charge on any atom is -0.383 e. The van der Waals surface area contributed by atoms with Gasteiger partial charge in [0, 0.05) is 57.4 Å². The Morgan fingerprint density at radius 3 is 2.48 bits per heavy atom. The van der Waals surface area contributed by atoms with E-state index in [9.17, 15) is 0 Å². The molecule has 0 unspecified atom stereocenters. The van der Waals surface area contributed by atoms with E-state index in [4.69, 9.17) is 4.74 Å². The molecule has 2 aliphatic rings. The third-order valence-corrected chi connectivity index (χ3v) is 5.82. The van der Waals surface area contributed by atoms with Gasteiger partial charge < -0.3 is 15.4 Å². The predicted molar refractivity (Wildman–Crippen MR) is 111 cm³/mol. The van der Waals surface area contributed by atoms with Gasteiger partial charge in [0.25, 0.3) is 0 Å². The smallest absolute Gasteiger partial charge is 0.191 e. The van der Waals surface area contributed by atoms with Gasteiger partial charge in [-0.15, -0.1) is 24.0 Å². The first-order valence-corrected chi connectivity index (χ1v) is 9.72. The Hall–Kier alpha value is 0.270. The fourth-order valence-corrected chi connectivity index (χ4v) is 4.50. The zero-order valence-electron chi connectivity index (χ0n) is 14.6. The van der Waals surface area contributed by atoms with Crippen molar-refractivity contribution in [3.8, 4) is 0 Å². The molecule has 136 valence electrons. The van der Waals surface area contributed by atoms with Crippen LogP contribution in [0.25, 0.3) is 0 Å². The molecule has 2 fully saturated rings. The van der Waals surface area contributed by atoms with Gasteiger partial charge in [-0.1, -0.05) is 19.3 Å². The number of methoxy groups -OCH3 is 1. The molecule has 0 aromatic rings. The zero-order valence-corrected chi connectivity index (χ0v) is 17.8. The quantitative estimate of drug-likeness (QED) is 0.278. The molecular formula is C16H33IN4OS. The lowest BCUT2D eigenvalue weighted by Gasteiger charge is -2.48. The van der Waals surface area contributed by atoms with E-state index in [1.165, 1.54) is 56.7 Å². The second-order valence-electron chi connectivity index (χ2n) is 6.23. The molecule has 2 rings (SSSR count). The molecule has 7 heteroatoms. The van der Waals surface area contributed by atoms with E-state index < -0.39 is 0 Å². The highest BCUT2D eigenvalue weighted by molar-refractivity contribution is 14.0. The molecule has 0 aromatic carbocycles. The number of hydrogen-bond donors (Lipinski definition) is 2. The van der Waals surface area contributed by atoms with Gasteiger partial charge in [-0.3, -0.25) is 9.89 Å². The summed E-state index contributed by atoms with van der Waals surface area (Å²) in [5.74, 6) is 3.46. The van der Waals surface area contributed by atoms with E-state index in [1.54, 1.807) is 7.11 Å². The molecule has 0 spiro atoms. The molecule has 0 bridgehead atoms. The van der Waals surface area contributed by atoms with Gasteiger partial charge in [0.1, 0.15) is 0 Å². The summed E-state index contributed by atoms with van der Waals surface area (Å²) in [6, 6.07) is 0. The van der Waals surface area contributed by atoms with Gasteiger partial charge >= 0.3 is 0 Å². The van der Waals surface area contributed by atoms with Crippen molar-refractivity contribution in [2.75, 3.05) is 58.4 Å². The van der Waals surface area contributed by atoms with Gasteiger partial charge in [0.15, 0.2) is 5.96 Å². The van der Waals surface area contributed by atoms with Crippen LogP contribution in [0.1, 0.15) is 32.1 Å². The van der Waals surface area contributed by atoms with Crippen molar-refractivity contribution >= 4 is 41.7 Å². The van der Waals surface area contributed by atoms with E-state index in [0.29, 0.717) is 12.1 Å². The minimum absolute atomic E-state index is 0. The van der Waals surface area contributed by atoms with Crippen LogP contribution in [0.15, 0.2) is 4.99 Å². The van der Waals surface area contributed by atoms with E-state index in [2.05, 4.69) is 32.3 Å². The normalized spacial score (nSPS) is 22.3. The lowest BCUT2D eigenvalue weighted by atomic mass is 9.80. The Kier molecular flexibility index (Phi) is 10.9. The van der Waals surface area contributed by atoms with Crippen molar-refractivity contribution < 1.29 is 4.74 Å². The highest BCUT2D eigenvalue weighted by atomic mass is 127. The maximum Gasteiger partial charge on any atom is 0.191 e. The minimum atomic E-state index is 0. The molecule has 1 saturated carbocycles. The second-order valence-corrected chi connectivity index (χ2v) is 7.45. The Labute approximate surface area is 162 Å². The second kappa shape index (κ2) is 11.8. The van der Waals surface area contributed by atoms with Crippen LogP contribution in [-0.2, 0) is 4.74 Å². The first-order chi connectivity index (χ1) is 10.8. The van der Waals surface area contributed by atoms with E-state index in [1.807, 2.05) is 7.05 Å². The Bertz CT molecular complexity index is 345. The summed E-state index contributed by atoms with van der Waals surface area (Å²) in [7, 11) is 3.57. The predicted octanol–water partition coefficient (Wildman–Crippen LogP) is 2.17. The van der Waals surface area contributed by atoms with Crippen molar-refractivity contribution in [1.82, 2.24) is 15.5 Å². The van der Waals surface area contributed by atoms with Gasteiger partial charge in [-0.25, -0.2) is 0 Å². The fraction of sp³-hybridized carbons (Fsp3) is 0.938. The Morgan fingerprint density at radius 1 is 1.17 bits per heavy atom. The van der Waals surface area contributed by atoms with Crippen molar-refractivity contribution in [3.63, 3.8) is 0 Å². The summed E-state index contributed by atoms with van der Waals surface area (Å²) in [4.78, 5) is 7.08. The molecule has 1 aliphatic carbocycles. The summed E-state index contributed by atoms with van der Waals surface area (Å²) in [6.07, 6.45) is 6.76. The van der Waals surface area contributed by atoms with Crippen LogP contribution in [0.4, 0.5) is 0 Å². The first-order valence-electron chi connectivity index (χ1n) is 8.57. The van der Waals surface area contributed by atoms with Crippen LogP contribution in [0.3, 0.4) is 0 Å². The van der Waals surface area contributed by atoms with Crippen LogP contribution in [0.2, 0.25) is 0 Å². The lowest BCUT2D eigenvalue weighted by Crippen LogP contribution is -2.59. The van der Waals surface area contributed by atoms with E-state index >= 15 is 0 Å². The third-order valence-electron chi connectivity index (χ3n) is 4.87. The number of rotatable bonds is 6. The van der Waals surface area contributed by atoms with E-state index in [-0.39, 0.29) is 24.0 Å². The topological polar surface area (TPSA) is 48.9 Å². The van der Waals surface area contributed by atoms with Gasteiger partial charge in [-0.2, -0.15) is 11.8 Å². The third kappa shape index (κ3) is 6.59. The molecule has 1 saturated heterocycles. The maximum absolute atomic E-state index is 5.09. The number of thioether (sulfide) groups is 1. The number of hydrogen-bond acceptors (Lipinski definition) is 4. The Balaban J connectivity index is 0.00000264. The number of nitrogens with zero attached hydrogens (tertiary/aromatic N) is 2. The lowest BCUT2D eigenvalue weighted by molar-refractivity contribution is 0.0625. The highest BCUT2D eigenvalue weighted by Crippen LogP contribution is 2.34. The molecule has 5 nitrogen and oxygen atoms in total. The molecule has 2 N–H and O–H groups in total. The molecule has 0 amide bonds. The SMILES string of the molecule is CN=C(NCCOC)NCC1(N2CCSCC2)CCCCC1.I. The summed E-state index contributed by atoms with van der Waals surface area (Å²) < 4.78 is 5.09. The molecule has 0 aromatic heterocycles. The largest absolute Gasteiger partial charge is 0.383 e. The van der Waals surface area contributed by atoms with Crippen molar-refractivity contribution in [1.29, 1.82) is 0 Å². The van der Waals surface area contributed by atoms with Crippen LogP contribution >= 0.6 is 35.7 Å². The highest BCUT2D eigenvalue weighted by Gasteiger charge is 2.38. The maximum atomic E-state index is 5.09.